The summed E-state index contributed by atoms with van der Waals surface area (Å²) in [5, 5.41) is 11.0. The van der Waals surface area contributed by atoms with Gasteiger partial charge in [-0.25, -0.2) is 0 Å². The minimum absolute atomic E-state index is 0. The van der Waals surface area contributed by atoms with Gasteiger partial charge in [0, 0.05) is 18.3 Å². The number of carbonyl (C=O) groups excluding carboxylic acids is 1. The van der Waals surface area contributed by atoms with Crippen LogP contribution in [0.4, 0.5) is 0 Å². The molecule has 1 aliphatic heterocycles. The normalized spacial score (nSPS) is 21.7. The maximum Gasteiger partial charge on any atom is 0.255 e. The monoisotopic (exact) mass is 314 g/mol. The first kappa shape index (κ1) is 18.0. The molecule has 2 N–H and O–H groups in total. The van der Waals surface area contributed by atoms with E-state index in [4.69, 9.17) is 0 Å². The first-order chi connectivity index (χ1) is 9.54. The fourth-order valence-electron chi connectivity index (χ4n) is 2.92. The molecule has 0 radical (unpaired) electrons. The van der Waals surface area contributed by atoms with Crippen molar-refractivity contribution in [1.82, 2.24) is 20.4 Å². The number of nitrogens with zero attached hydrogens (tertiary/aromatic N) is 2. The highest BCUT2D eigenvalue weighted by Gasteiger charge is 2.25. The van der Waals surface area contributed by atoms with E-state index in [1.54, 1.807) is 0 Å². The van der Waals surface area contributed by atoms with Gasteiger partial charge in [-0.3, -0.25) is 9.48 Å². The Morgan fingerprint density at radius 1 is 1.48 bits per heavy atom. The zero-order valence-electron chi connectivity index (χ0n) is 13.4. The minimum atomic E-state index is 0. The summed E-state index contributed by atoms with van der Waals surface area (Å²) < 4.78 is 1.94. The molecule has 2 unspecified atom stereocenters. The molecule has 2 atom stereocenters. The Hall–Kier alpha value is -1.07. The third-order valence-corrected chi connectivity index (χ3v) is 4.15. The lowest BCUT2D eigenvalue weighted by Gasteiger charge is -2.30. The Morgan fingerprint density at radius 3 is 2.81 bits per heavy atom. The maximum atomic E-state index is 12.5. The molecule has 2 heterocycles. The summed E-state index contributed by atoms with van der Waals surface area (Å²) in [5.41, 5.74) is 2.56. The Balaban J connectivity index is 0.00000220. The van der Waals surface area contributed by atoms with Crippen LogP contribution in [0.1, 0.15) is 48.4 Å². The molecule has 120 valence electrons. The van der Waals surface area contributed by atoms with Crippen LogP contribution >= 0.6 is 12.4 Å². The van der Waals surface area contributed by atoms with Crippen LogP contribution in [-0.4, -0.2) is 34.8 Å². The van der Waals surface area contributed by atoms with Gasteiger partial charge in [0.05, 0.1) is 11.3 Å². The quantitative estimate of drug-likeness (QED) is 0.894. The number of hydrogen-bond donors (Lipinski definition) is 2. The molecule has 0 bridgehead atoms. The molecule has 0 aromatic carbocycles. The van der Waals surface area contributed by atoms with Crippen LogP contribution in [0.2, 0.25) is 0 Å². The molecule has 6 heteroatoms. The zero-order chi connectivity index (χ0) is 14.7. The topological polar surface area (TPSA) is 59.0 Å². The van der Waals surface area contributed by atoms with Crippen molar-refractivity contribution in [3.8, 4) is 0 Å². The van der Waals surface area contributed by atoms with Crippen molar-refractivity contribution in [1.29, 1.82) is 0 Å². The summed E-state index contributed by atoms with van der Waals surface area (Å²) in [7, 11) is 0. The van der Waals surface area contributed by atoms with Gasteiger partial charge < -0.3 is 10.6 Å². The number of rotatable bonds is 4. The maximum absolute atomic E-state index is 12.5. The molecule has 0 aliphatic carbocycles. The van der Waals surface area contributed by atoms with Crippen LogP contribution in [0.3, 0.4) is 0 Å². The largest absolute Gasteiger partial charge is 0.349 e. The van der Waals surface area contributed by atoms with Gasteiger partial charge in [0.15, 0.2) is 0 Å². The SMILES string of the molecule is CCCn1nc(C)c(C(=O)NC2CCNCC2C)c1C.Cl. The number of carbonyl (C=O) groups is 1. The molecular weight excluding hydrogens is 288 g/mol. The standard InChI is InChI=1S/C15H26N4O.ClH/c1-5-8-19-12(4)14(11(3)18-19)15(20)17-13-6-7-16-9-10(13)2;/h10,13,16H,5-9H2,1-4H3,(H,17,20);1H. The predicted molar refractivity (Wildman–Crippen MR) is 87.1 cm³/mol. The van der Waals surface area contributed by atoms with E-state index in [0.717, 1.165) is 49.4 Å². The van der Waals surface area contributed by atoms with E-state index in [0.29, 0.717) is 5.92 Å². The van der Waals surface area contributed by atoms with Gasteiger partial charge in [0.1, 0.15) is 0 Å². The molecule has 1 amide bonds. The summed E-state index contributed by atoms with van der Waals surface area (Å²) in [6.45, 7) is 11.0. The van der Waals surface area contributed by atoms with Gasteiger partial charge >= 0.3 is 0 Å². The van der Waals surface area contributed by atoms with E-state index in [9.17, 15) is 4.79 Å². The van der Waals surface area contributed by atoms with Gasteiger partial charge in [-0.2, -0.15) is 5.10 Å². The van der Waals surface area contributed by atoms with Crippen molar-refractivity contribution in [2.75, 3.05) is 13.1 Å². The van der Waals surface area contributed by atoms with Crippen LogP contribution in [-0.2, 0) is 6.54 Å². The molecule has 1 aliphatic rings. The highest BCUT2D eigenvalue weighted by Crippen LogP contribution is 2.16. The second-order valence-corrected chi connectivity index (χ2v) is 5.82. The average Bonchev–Trinajstić information content (AvgIpc) is 2.68. The highest BCUT2D eigenvalue weighted by molar-refractivity contribution is 5.96. The van der Waals surface area contributed by atoms with Crippen LogP contribution in [0, 0.1) is 19.8 Å². The van der Waals surface area contributed by atoms with Crippen molar-refractivity contribution in [2.45, 2.75) is 53.1 Å². The zero-order valence-corrected chi connectivity index (χ0v) is 14.2. The molecule has 21 heavy (non-hydrogen) atoms. The van der Waals surface area contributed by atoms with Crippen molar-refractivity contribution in [3.05, 3.63) is 17.0 Å². The average molecular weight is 315 g/mol. The lowest BCUT2D eigenvalue weighted by Crippen LogP contribution is -2.48. The van der Waals surface area contributed by atoms with Crippen LogP contribution in [0.5, 0.6) is 0 Å². The molecule has 0 saturated carbocycles. The van der Waals surface area contributed by atoms with Crippen molar-refractivity contribution >= 4 is 18.3 Å². The molecule has 2 rings (SSSR count). The fraction of sp³-hybridized carbons (Fsp3) is 0.733. The number of aromatic nitrogens is 2. The lowest BCUT2D eigenvalue weighted by atomic mass is 9.95. The summed E-state index contributed by atoms with van der Waals surface area (Å²) in [6.07, 6.45) is 2.02. The van der Waals surface area contributed by atoms with Crippen LogP contribution in [0.15, 0.2) is 0 Å². The molecule has 1 aromatic rings. The first-order valence-electron chi connectivity index (χ1n) is 7.60. The lowest BCUT2D eigenvalue weighted by molar-refractivity contribution is 0.0913. The van der Waals surface area contributed by atoms with Crippen molar-refractivity contribution in [2.24, 2.45) is 5.92 Å². The summed E-state index contributed by atoms with van der Waals surface area (Å²) in [4.78, 5) is 12.5. The third-order valence-electron chi connectivity index (χ3n) is 4.15. The summed E-state index contributed by atoms with van der Waals surface area (Å²) in [6, 6.07) is 0.261. The highest BCUT2D eigenvalue weighted by atomic mass is 35.5. The molecule has 1 saturated heterocycles. The predicted octanol–water partition coefficient (Wildman–Crippen LogP) is 2.06. The molecule has 0 spiro atoms. The van der Waals surface area contributed by atoms with E-state index in [2.05, 4.69) is 29.6 Å². The minimum Gasteiger partial charge on any atom is -0.349 e. The van der Waals surface area contributed by atoms with Crippen molar-refractivity contribution in [3.63, 3.8) is 0 Å². The third kappa shape index (κ3) is 3.98. The Kier molecular flexibility index (Phi) is 6.68. The molecule has 1 fully saturated rings. The summed E-state index contributed by atoms with van der Waals surface area (Å²) >= 11 is 0. The fourth-order valence-corrected chi connectivity index (χ4v) is 2.92. The van der Waals surface area contributed by atoms with Gasteiger partial charge in [0.2, 0.25) is 0 Å². The van der Waals surface area contributed by atoms with Gasteiger partial charge in [-0.15, -0.1) is 12.4 Å². The Labute approximate surface area is 133 Å². The smallest absolute Gasteiger partial charge is 0.255 e. The number of hydrogen-bond acceptors (Lipinski definition) is 3. The van der Waals surface area contributed by atoms with E-state index in [1.807, 2.05) is 18.5 Å². The Bertz CT molecular complexity index is 486. The first-order valence-corrected chi connectivity index (χ1v) is 7.60. The number of piperidine rings is 1. The molecular formula is C15H27ClN4O. The Morgan fingerprint density at radius 2 is 2.19 bits per heavy atom. The summed E-state index contributed by atoms with van der Waals surface area (Å²) in [5.74, 6) is 0.500. The van der Waals surface area contributed by atoms with Crippen LogP contribution in [0.25, 0.3) is 0 Å². The van der Waals surface area contributed by atoms with E-state index < -0.39 is 0 Å². The number of nitrogens with one attached hydrogen (secondary N) is 2. The van der Waals surface area contributed by atoms with Gasteiger partial charge in [-0.05, 0) is 45.7 Å². The van der Waals surface area contributed by atoms with Crippen molar-refractivity contribution < 1.29 is 4.79 Å². The molecule has 5 nitrogen and oxygen atoms in total. The van der Waals surface area contributed by atoms with E-state index in [1.165, 1.54) is 0 Å². The number of halogens is 1. The molecule has 1 aromatic heterocycles. The van der Waals surface area contributed by atoms with Gasteiger partial charge in [-0.1, -0.05) is 13.8 Å². The second-order valence-electron chi connectivity index (χ2n) is 5.82. The number of aryl methyl sites for hydroxylation is 2. The van der Waals surface area contributed by atoms with E-state index in [-0.39, 0.29) is 24.4 Å². The second kappa shape index (κ2) is 7.80. The number of amides is 1. The van der Waals surface area contributed by atoms with E-state index >= 15 is 0 Å². The van der Waals surface area contributed by atoms with Gasteiger partial charge in [0.25, 0.3) is 5.91 Å². The van der Waals surface area contributed by atoms with Crippen LogP contribution < -0.4 is 10.6 Å².